The molecule has 120 valence electrons. The van der Waals surface area contributed by atoms with Crippen molar-refractivity contribution in [3.8, 4) is 11.3 Å². The molecule has 3 rings (SSSR count). The molecule has 1 aromatic carbocycles. The number of aliphatic carboxylic acids is 1. The molecule has 0 aliphatic carbocycles. The number of carbonyl (C=O) groups excluding carboxylic acids is 1. The van der Waals surface area contributed by atoms with Crippen LogP contribution in [0.4, 0.5) is 4.39 Å². The molecule has 0 bridgehead atoms. The maximum absolute atomic E-state index is 13.0. The van der Waals surface area contributed by atoms with E-state index in [1.54, 1.807) is 17.0 Å². The maximum atomic E-state index is 13.0. The lowest BCUT2D eigenvalue weighted by atomic mass is 10.1. The van der Waals surface area contributed by atoms with Crippen LogP contribution in [0.15, 0.2) is 30.5 Å². The normalized spacial score (nSPS) is 17.4. The summed E-state index contributed by atoms with van der Waals surface area (Å²) in [6.45, 7) is 0.533. The number of H-pyrrole nitrogens is 1. The molecule has 0 radical (unpaired) electrons. The number of nitrogens with zero attached hydrogens (tertiary/aromatic N) is 2. The van der Waals surface area contributed by atoms with Gasteiger partial charge in [-0.2, -0.15) is 5.10 Å². The Morgan fingerprint density at radius 3 is 2.78 bits per heavy atom. The number of benzene rings is 1. The lowest BCUT2D eigenvalue weighted by Crippen LogP contribution is -2.36. The van der Waals surface area contributed by atoms with Gasteiger partial charge in [0.25, 0.3) is 5.91 Å². The van der Waals surface area contributed by atoms with E-state index in [1.165, 1.54) is 18.3 Å². The van der Waals surface area contributed by atoms with Gasteiger partial charge in [0, 0.05) is 18.2 Å². The molecule has 2 N–H and O–H groups in total. The Bertz CT molecular complexity index is 726. The number of aromatic amines is 1. The molecule has 7 heteroatoms. The number of carboxylic acid groups (broad SMARTS) is 1. The van der Waals surface area contributed by atoms with E-state index in [0.29, 0.717) is 29.8 Å². The van der Waals surface area contributed by atoms with Crippen LogP contribution >= 0.6 is 0 Å². The van der Waals surface area contributed by atoms with Crippen LogP contribution in [0.1, 0.15) is 29.6 Å². The Balaban J connectivity index is 1.87. The first-order valence-electron chi connectivity index (χ1n) is 7.38. The number of likely N-dealkylation sites (tertiary alicyclic amines) is 1. The highest BCUT2D eigenvalue weighted by molar-refractivity contribution is 6.00. The molecule has 1 aliphatic heterocycles. The van der Waals surface area contributed by atoms with Crippen molar-refractivity contribution >= 4 is 11.9 Å². The van der Waals surface area contributed by atoms with Crippen LogP contribution in [-0.4, -0.2) is 44.7 Å². The van der Waals surface area contributed by atoms with E-state index < -0.39 is 5.97 Å². The van der Waals surface area contributed by atoms with Crippen LogP contribution in [0.3, 0.4) is 0 Å². The summed E-state index contributed by atoms with van der Waals surface area (Å²) in [6.07, 6.45) is 2.84. The summed E-state index contributed by atoms with van der Waals surface area (Å²) < 4.78 is 13.0. The van der Waals surface area contributed by atoms with Gasteiger partial charge in [-0.1, -0.05) is 0 Å². The van der Waals surface area contributed by atoms with E-state index in [9.17, 15) is 14.0 Å². The van der Waals surface area contributed by atoms with Crippen molar-refractivity contribution in [3.05, 3.63) is 41.8 Å². The summed E-state index contributed by atoms with van der Waals surface area (Å²) in [5, 5.41) is 15.7. The summed E-state index contributed by atoms with van der Waals surface area (Å²) in [4.78, 5) is 25.3. The third-order valence-corrected chi connectivity index (χ3v) is 4.05. The monoisotopic (exact) mass is 317 g/mol. The van der Waals surface area contributed by atoms with E-state index >= 15 is 0 Å². The van der Waals surface area contributed by atoms with Gasteiger partial charge in [0.15, 0.2) is 0 Å². The van der Waals surface area contributed by atoms with Crippen LogP contribution in [0, 0.1) is 5.82 Å². The second-order valence-corrected chi connectivity index (χ2v) is 5.56. The molecule has 2 heterocycles. The Kier molecular flexibility index (Phi) is 4.10. The summed E-state index contributed by atoms with van der Waals surface area (Å²) in [5.41, 5.74) is 1.53. The average Bonchev–Trinajstić information content (AvgIpc) is 3.16. The Morgan fingerprint density at radius 2 is 2.09 bits per heavy atom. The van der Waals surface area contributed by atoms with Crippen molar-refractivity contribution in [1.82, 2.24) is 15.1 Å². The molecule has 1 unspecified atom stereocenters. The molecule has 2 aromatic rings. The zero-order valence-electron chi connectivity index (χ0n) is 12.3. The molecule has 1 aliphatic rings. The Hall–Kier alpha value is -2.70. The first kappa shape index (κ1) is 15.2. The van der Waals surface area contributed by atoms with Crippen molar-refractivity contribution in [3.63, 3.8) is 0 Å². The van der Waals surface area contributed by atoms with Crippen LogP contribution in [0.25, 0.3) is 11.3 Å². The molecule has 1 saturated heterocycles. The number of halogens is 1. The van der Waals surface area contributed by atoms with Gasteiger partial charge >= 0.3 is 5.97 Å². The lowest BCUT2D eigenvalue weighted by molar-refractivity contribution is -0.137. The van der Waals surface area contributed by atoms with E-state index in [0.717, 1.165) is 6.42 Å². The number of carbonyl (C=O) groups is 2. The third-order valence-electron chi connectivity index (χ3n) is 4.05. The van der Waals surface area contributed by atoms with Crippen molar-refractivity contribution in [2.45, 2.75) is 25.3 Å². The van der Waals surface area contributed by atoms with Crippen LogP contribution < -0.4 is 0 Å². The van der Waals surface area contributed by atoms with Gasteiger partial charge < -0.3 is 10.0 Å². The quantitative estimate of drug-likeness (QED) is 0.906. The van der Waals surface area contributed by atoms with Crippen LogP contribution in [0.2, 0.25) is 0 Å². The summed E-state index contributed by atoms with van der Waals surface area (Å²) >= 11 is 0. The molecule has 0 spiro atoms. The second kappa shape index (κ2) is 6.20. The van der Waals surface area contributed by atoms with Gasteiger partial charge in [0.2, 0.25) is 0 Å². The smallest absolute Gasteiger partial charge is 0.305 e. The second-order valence-electron chi connectivity index (χ2n) is 5.56. The minimum Gasteiger partial charge on any atom is -0.481 e. The number of hydrogen-bond acceptors (Lipinski definition) is 3. The zero-order valence-corrected chi connectivity index (χ0v) is 12.3. The number of hydrogen-bond donors (Lipinski definition) is 2. The van der Waals surface area contributed by atoms with Gasteiger partial charge in [-0.25, -0.2) is 4.39 Å². The SMILES string of the molecule is O=C(O)CC1CCCN1C(=O)c1cn[nH]c1-c1ccc(F)cc1. The van der Waals surface area contributed by atoms with Gasteiger partial charge in [-0.05, 0) is 37.1 Å². The minimum atomic E-state index is -0.916. The van der Waals surface area contributed by atoms with E-state index in [4.69, 9.17) is 5.11 Å². The average molecular weight is 317 g/mol. The highest BCUT2D eigenvalue weighted by Crippen LogP contribution is 2.27. The predicted octanol–water partition coefficient (Wildman–Crippen LogP) is 2.30. The summed E-state index contributed by atoms with van der Waals surface area (Å²) in [6, 6.07) is 5.47. The highest BCUT2D eigenvalue weighted by atomic mass is 19.1. The number of aromatic nitrogens is 2. The van der Waals surface area contributed by atoms with Crippen molar-refractivity contribution in [1.29, 1.82) is 0 Å². The molecule has 1 amide bonds. The fraction of sp³-hybridized carbons (Fsp3) is 0.312. The van der Waals surface area contributed by atoms with Crippen molar-refractivity contribution in [2.24, 2.45) is 0 Å². The van der Waals surface area contributed by atoms with E-state index in [2.05, 4.69) is 10.2 Å². The topological polar surface area (TPSA) is 86.3 Å². The number of amides is 1. The van der Waals surface area contributed by atoms with Crippen LogP contribution in [-0.2, 0) is 4.79 Å². The first-order valence-corrected chi connectivity index (χ1v) is 7.38. The fourth-order valence-corrected chi connectivity index (χ4v) is 2.96. The molecule has 1 atom stereocenters. The largest absolute Gasteiger partial charge is 0.481 e. The molecule has 0 saturated carbocycles. The van der Waals surface area contributed by atoms with E-state index in [1.807, 2.05) is 0 Å². The first-order chi connectivity index (χ1) is 11.1. The predicted molar refractivity (Wildman–Crippen MR) is 80.3 cm³/mol. The standard InChI is InChI=1S/C16H16FN3O3/c17-11-5-3-10(4-6-11)15-13(9-18-19-15)16(23)20-7-1-2-12(20)8-14(21)22/h3-6,9,12H,1-2,7-8H2,(H,18,19)(H,21,22). The lowest BCUT2D eigenvalue weighted by Gasteiger charge is -2.23. The van der Waals surface area contributed by atoms with Gasteiger partial charge in [-0.3, -0.25) is 14.7 Å². The van der Waals surface area contributed by atoms with Gasteiger partial charge in [0.05, 0.1) is 23.9 Å². The molecule has 1 aromatic heterocycles. The zero-order chi connectivity index (χ0) is 16.4. The van der Waals surface area contributed by atoms with Gasteiger partial charge in [0.1, 0.15) is 5.82 Å². The molecular formula is C16H16FN3O3. The van der Waals surface area contributed by atoms with Gasteiger partial charge in [-0.15, -0.1) is 0 Å². The summed E-state index contributed by atoms with van der Waals surface area (Å²) in [5.74, 6) is -1.52. The fourth-order valence-electron chi connectivity index (χ4n) is 2.96. The third kappa shape index (κ3) is 3.08. The molecule has 1 fully saturated rings. The van der Waals surface area contributed by atoms with Crippen molar-refractivity contribution in [2.75, 3.05) is 6.54 Å². The maximum Gasteiger partial charge on any atom is 0.305 e. The number of nitrogens with one attached hydrogen (secondary N) is 1. The number of rotatable bonds is 4. The van der Waals surface area contributed by atoms with Crippen molar-refractivity contribution < 1.29 is 19.1 Å². The Labute approximate surface area is 131 Å². The van der Waals surface area contributed by atoms with E-state index in [-0.39, 0.29) is 24.2 Å². The molecular weight excluding hydrogens is 301 g/mol. The number of carboxylic acids is 1. The van der Waals surface area contributed by atoms with Crippen LogP contribution in [0.5, 0.6) is 0 Å². The summed E-state index contributed by atoms with van der Waals surface area (Å²) in [7, 11) is 0. The molecule has 6 nitrogen and oxygen atoms in total. The Morgan fingerprint density at radius 1 is 1.35 bits per heavy atom. The minimum absolute atomic E-state index is 0.0600. The highest BCUT2D eigenvalue weighted by Gasteiger charge is 2.32. The molecule has 23 heavy (non-hydrogen) atoms.